The van der Waals surface area contributed by atoms with Gasteiger partial charge in [-0.1, -0.05) is 121 Å². The lowest BCUT2D eigenvalue weighted by Crippen LogP contribution is -2.25. The Balaban J connectivity index is 0.000000878. The average Bonchev–Trinajstić information content (AvgIpc) is 2.83. The molecule has 0 N–H and O–H groups in total. The number of hydrogen-bond acceptors (Lipinski definition) is 2. The van der Waals surface area contributed by atoms with Gasteiger partial charge in [-0.3, -0.25) is 0 Å². The van der Waals surface area contributed by atoms with Crippen molar-refractivity contribution in [3.05, 3.63) is 59.7 Å². The Morgan fingerprint density at radius 3 is 1.20 bits per heavy atom. The minimum absolute atomic E-state index is 0. The van der Waals surface area contributed by atoms with Gasteiger partial charge in [0.1, 0.15) is 0 Å². The van der Waals surface area contributed by atoms with Gasteiger partial charge in [0.2, 0.25) is 0 Å². The van der Waals surface area contributed by atoms with E-state index in [1.54, 1.807) is 0 Å². The molecule has 2 heteroatoms. The molecule has 0 aromatic heterocycles. The molecular formula is C33H58N2. The van der Waals surface area contributed by atoms with E-state index in [0.717, 1.165) is 0 Å². The molecule has 2 nitrogen and oxygen atoms in total. The van der Waals surface area contributed by atoms with Crippen LogP contribution in [0.15, 0.2) is 48.5 Å². The van der Waals surface area contributed by atoms with Crippen molar-refractivity contribution >= 4 is 11.4 Å². The van der Waals surface area contributed by atoms with E-state index in [0.29, 0.717) is 0 Å². The first kappa shape index (κ1) is 33.0. The van der Waals surface area contributed by atoms with Gasteiger partial charge >= 0.3 is 0 Å². The van der Waals surface area contributed by atoms with Crippen LogP contribution in [-0.2, 0) is 0 Å². The second-order valence-electron chi connectivity index (χ2n) is 10.1. The van der Waals surface area contributed by atoms with Crippen molar-refractivity contribution in [2.24, 2.45) is 0 Å². The minimum atomic E-state index is 0. The van der Waals surface area contributed by atoms with E-state index < -0.39 is 0 Å². The number of unbranched alkanes of at least 4 members (excludes halogenated alkanes) is 10. The second kappa shape index (κ2) is 21.3. The molecule has 0 heterocycles. The molecule has 2 aromatic carbocycles. The number of hydrogen-bond donors (Lipinski definition) is 0. The number of rotatable bonds is 16. The zero-order chi connectivity index (χ0) is 25.0. The summed E-state index contributed by atoms with van der Waals surface area (Å²) in [5, 5.41) is 0. The van der Waals surface area contributed by atoms with Crippen LogP contribution in [0.5, 0.6) is 0 Å². The summed E-state index contributed by atoms with van der Waals surface area (Å²) in [6, 6.07) is 17.6. The van der Waals surface area contributed by atoms with Crippen LogP contribution in [0.1, 0.15) is 109 Å². The highest BCUT2D eigenvalue weighted by Gasteiger charge is 2.06. The third kappa shape index (κ3) is 16.4. The lowest BCUT2D eigenvalue weighted by atomic mass is 10.1. The average molecular weight is 483 g/mol. The molecule has 2 rings (SSSR count). The van der Waals surface area contributed by atoms with Gasteiger partial charge < -0.3 is 9.80 Å². The third-order valence-electron chi connectivity index (χ3n) is 6.51. The molecule has 0 aliphatic heterocycles. The number of aryl methyl sites for hydroxylation is 2. The maximum atomic E-state index is 2.62. The van der Waals surface area contributed by atoms with Gasteiger partial charge in [-0.2, -0.15) is 0 Å². The van der Waals surface area contributed by atoms with Gasteiger partial charge in [0.05, 0.1) is 0 Å². The molecule has 0 aliphatic carbocycles. The highest BCUT2D eigenvalue weighted by molar-refractivity contribution is 5.47. The largest absolute Gasteiger partial charge is 0.378 e. The Morgan fingerprint density at radius 2 is 0.829 bits per heavy atom. The van der Waals surface area contributed by atoms with Crippen molar-refractivity contribution in [3.63, 3.8) is 0 Å². The van der Waals surface area contributed by atoms with Crippen molar-refractivity contribution in [1.29, 1.82) is 0 Å². The fraction of sp³-hybridized carbons (Fsp3) is 0.636. The molecule has 0 saturated carbocycles. The molecule has 0 fully saturated rings. The maximum Gasteiger partial charge on any atom is 0.0366 e. The summed E-state index contributed by atoms with van der Waals surface area (Å²) in [5.74, 6) is 0. The van der Waals surface area contributed by atoms with Crippen molar-refractivity contribution in [1.82, 2.24) is 0 Å². The first-order valence-corrected chi connectivity index (χ1v) is 14.0. The van der Waals surface area contributed by atoms with Crippen LogP contribution in [0.3, 0.4) is 0 Å². The topological polar surface area (TPSA) is 6.48 Å². The SMILES string of the molecule is C.CCCCCCCCN(CCCCCCCC)c1ccc(C)cc1.Cc1ccc(N(C)C)cc1. The summed E-state index contributed by atoms with van der Waals surface area (Å²) in [5.41, 5.74) is 5.34. The Labute approximate surface area is 220 Å². The predicted molar refractivity (Wildman–Crippen MR) is 162 cm³/mol. The van der Waals surface area contributed by atoms with Crippen molar-refractivity contribution < 1.29 is 0 Å². The van der Waals surface area contributed by atoms with Gasteiger partial charge in [0.15, 0.2) is 0 Å². The molecule has 0 atom stereocenters. The summed E-state index contributed by atoms with van der Waals surface area (Å²) in [7, 11) is 4.09. The number of nitrogens with zero attached hydrogens (tertiary/aromatic N) is 2. The van der Waals surface area contributed by atoms with E-state index in [4.69, 9.17) is 0 Å². The van der Waals surface area contributed by atoms with E-state index in [9.17, 15) is 0 Å². The monoisotopic (exact) mass is 482 g/mol. The van der Waals surface area contributed by atoms with Crippen LogP contribution in [0.2, 0.25) is 0 Å². The summed E-state index contributed by atoms with van der Waals surface area (Å²) >= 11 is 0. The van der Waals surface area contributed by atoms with Crippen molar-refractivity contribution in [3.8, 4) is 0 Å². The lowest BCUT2D eigenvalue weighted by Gasteiger charge is -2.25. The van der Waals surface area contributed by atoms with E-state index in [1.165, 1.54) is 113 Å². The third-order valence-corrected chi connectivity index (χ3v) is 6.51. The Kier molecular flexibility index (Phi) is 20.1. The zero-order valence-electron chi connectivity index (χ0n) is 23.4. The molecule has 2 aromatic rings. The predicted octanol–water partition coefficient (Wildman–Crippen LogP) is 10.2. The summed E-state index contributed by atoms with van der Waals surface area (Å²) in [4.78, 5) is 4.72. The quantitative estimate of drug-likeness (QED) is 0.219. The number of anilines is 2. The molecular weight excluding hydrogens is 424 g/mol. The highest BCUT2D eigenvalue weighted by Crippen LogP contribution is 2.18. The second-order valence-corrected chi connectivity index (χ2v) is 10.1. The Morgan fingerprint density at radius 1 is 0.486 bits per heavy atom. The first-order valence-electron chi connectivity index (χ1n) is 14.0. The van der Waals surface area contributed by atoms with Crippen LogP contribution in [0, 0.1) is 13.8 Å². The fourth-order valence-electron chi connectivity index (χ4n) is 4.13. The summed E-state index contributed by atoms with van der Waals surface area (Å²) < 4.78 is 0. The Bertz CT molecular complexity index is 687. The minimum Gasteiger partial charge on any atom is -0.378 e. The maximum absolute atomic E-state index is 2.62. The molecule has 200 valence electrons. The molecule has 0 unspecified atom stereocenters. The normalized spacial score (nSPS) is 10.2. The van der Waals surface area contributed by atoms with Gasteiger partial charge in [0.25, 0.3) is 0 Å². The molecule has 0 amide bonds. The van der Waals surface area contributed by atoms with Crippen LogP contribution < -0.4 is 9.80 Å². The zero-order valence-corrected chi connectivity index (χ0v) is 23.4. The van der Waals surface area contributed by atoms with Crippen LogP contribution in [0.25, 0.3) is 0 Å². The van der Waals surface area contributed by atoms with Gasteiger partial charge in [-0.15, -0.1) is 0 Å². The van der Waals surface area contributed by atoms with E-state index >= 15 is 0 Å². The molecule has 0 aliphatic rings. The molecule has 0 saturated heterocycles. The van der Waals surface area contributed by atoms with E-state index in [-0.39, 0.29) is 7.43 Å². The van der Waals surface area contributed by atoms with E-state index in [2.05, 4.69) is 86.0 Å². The fourth-order valence-corrected chi connectivity index (χ4v) is 4.13. The van der Waals surface area contributed by atoms with Crippen LogP contribution >= 0.6 is 0 Å². The Hall–Kier alpha value is -1.96. The van der Waals surface area contributed by atoms with Gasteiger partial charge in [-0.25, -0.2) is 0 Å². The number of benzene rings is 2. The van der Waals surface area contributed by atoms with Crippen molar-refractivity contribution in [2.75, 3.05) is 37.0 Å². The van der Waals surface area contributed by atoms with E-state index in [1.807, 2.05) is 14.1 Å². The molecule has 0 bridgehead atoms. The lowest BCUT2D eigenvalue weighted by molar-refractivity contribution is 0.575. The smallest absolute Gasteiger partial charge is 0.0366 e. The first-order chi connectivity index (χ1) is 16.5. The standard InChI is InChI=1S/C23H41N.C9H13N.CH4/c1-4-6-8-10-12-14-20-24(21-15-13-11-9-7-5-2)23-18-16-22(3)17-19-23;1-8-4-6-9(7-5-8)10(2)3;/h16-19H,4-15,20-21H2,1-3H3;4-7H,1-3H3;1H4. The van der Waals surface area contributed by atoms with Crippen molar-refractivity contribution in [2.45, 2.75) is 112 Å². The van der Waals surface area contributed by atoms with Gasteiger partial charge in [-0.05, 0) is 51.0 Å². The summed E-state index contributed by atoms with van der Waals surface area (Å²) in [6.07, 6.45) is 16.6. The molecule has 35 heavy (non-hydrogen) atoms. The highest BCUT2D eigenvalue weighted by atomic mass is 15.1. The molecule has 0 spiro atoms. The summed E-state index contributed by atoms with van der Waals surface area (Å²) in [6.45, 7) is 11.3. The van der Waals surface area contributed by atoms with Gasteiger partial charge in [0, 0.05) is 38.6 Å². The molecule has 0 radical (unpaired) electrons. The van der Waals surface area contributed by atoms with Crippen LogP contribution in [-0.4, -0.2) is 27.2 Å². The van der Waals surface area contributed by atoms with Crippen LogP contribution in [0.4, 0.5) is 11.4 Å².